The maximum atomic E-state index is 12.4. The molecule has 2 N–H and O–H groups in total. The molecule has 1 unspecified atom stereocenters. The number of aromatic amines is 1. The quantitative estimate of drug-likeness (QED) is 0.802. The molecular formula is C23H31N6O. The molecule has 2 fully saturated rings. The summed E-state index contributed by atoms with van der Waals surface area (Å²) in [6, 6.07) is 8.11. The van der Waals surface area contributed by atoms with Crippen LogP contribution in [0.1, 0.15) is 50.7 Å². The standard InChI is InChI=1S/C23H31N6O/c1-23(2,3)27-22(30)29-10-8-28(9-11-29)21-13-17(6-7-25-21)19-15-26-20-5-4-16(14-24)12-18(19)20/h4-5,12,15,17,21,26H,6-11,13H2,1-3H3,(H,27,30)/t17?,21-/m1/s1. The van der Waals surface area contributed by atoms with Crippen LogP contribution in [0.4, 0.5) is 4.79 Å². The number of fused-ring (bicyclic) bond motifs is 1. The van der Waals surface area contributed by atoms with Crippen molar-refractivity contribution in [1.29, 1.82) is 5.26 Å². The van der Waals surface area contributed by atoms with E-state index in [1.807, 2.05) is 43.9 Å². The minimum atomic E-state index is -0.217. The fraction of sp³-hybridized carbons (Fsp3) is 0.565. The molecule has 0 saturated carbocycles. The highest BCUT2D eigenvalue weighted by molar-refractivity contribution is 5.85. The molecule has 7 heteroatoms. The average Bonchev–Trinajstić information content (AvgIpc) is 3.16. The van der Waals surface area contributed by atoms with Crippen LogP contribution in [0.3, 0.4) is 0 Å². The number of benzene rings is 1. The zero-order valence-electron chi connectivity index (χ0n) is 18.1. The largest absolute Gasteiger partial charge is 0.361 e. The van der Waals surface area contributed by atoms with E-state index in [1.54, 1.807) is 0 Å². The first kappa shape index (κ1) is 20.7. The minimum Gasteiger partial charge on any atom is -0.361 e. The monoisotopic (exact) mass is 407 g/mol. The molecule has 2 amide bonds. The van der Waals surface area contributed by atoms with E-state index in [1.165, 1.54) is 5.56 Å². The van der Waals surface area contributed by atoms with Crippen LogP contribution >= 0.6 is 0 Å². The van der Waals surface area contributed by atoms with Gasteiger partial charge in [0.1, 0.15) is 0 Å². The van der Waals surface area contributed by atoms with Crippen molar-refractivity contribution >= 4 is 16.9 Å². The molecule has 0 bridgehead atoms. The Morgan fingerprint density at radius 2 is 2.03 bits per heavy atom. The van der Waals surface area contributed by atoms with Gasteiger partial charge in [0, 0.05) is 55.4 Å². The van der Waals surface area contributed by atoms with Gasteiger partial charge in [0.05, 0.1) is 17.8 Å². The van der Waals surface area contributed by atoms with E-state index in [0.717, 1.165) is 56.5 Å². The molecule has 1 radical (unpaired) electrons. The smallest absolute Gasteiger partial charge is 0.317 e. The van der Waals surface area contributed by atoms with E-state index in [2.05, 4.69) is 27.5 Å². The van der Waals surface area contributed by atoms with Crippen molar-refractivity contribution in [3.63, 3.8) is 0 Å². The molecule has 30 heavy (non-hydrogen) atoms. The third kappa shape index (κ3) is 4.45. The second kappa shape index (κ2) is 8.29. The van der Waals surface area contributed by atoms with Crippen LogP contribution in [0.5, 0.6) is 0 Å². The first-order valence-corrected chi connectivity index (χ1v) is 10.8. The number of rotatable bonds is 2. The summed E-state index contributed by atoms with van der Waals surface area (Å²) in [5.74, 6) is 0.428. The van der Waals surface area contributed by atoms with Crippen LogP contribution < -0.4 is 10.6 Å². The van der Waals surface area contributed by atoms with E-state index in [0.29, 0.717) is 11.5 Å². The maximum absolute atomic E-state index is 12.4. The van der Waals surface area contributed by atoms with Crippen LogP contribution in [0.15, 0.2) is 24.4 Å². The number of carbonyl (C=O) groups is 1. The summed E-state index contributed by atoms with van der Waals surface area (Å²) < 4.78 is 0. The maximum Gasteiger partial charge on any atom is 0.317 e. The van der Waals surface area contributed by atoms with Gasteiger partial charge in [0.25, 0.3) is 0 Å². The second-order valence-corrected chi connectivity index (χ2v) is 9.43. The molecule has 4 rings (SSSR count). The van der Waals surface area contributed by atoms with Crippen molar-refractivity contribution in [2.75, 3.05) is 32.7 Å². The number of nitrogens with one attached hydrogen (secondary N) is 2. The normalized spacial score (nSPS) is 23.3. The van der Waals surface area contributed by atoms with Crippen molar-refractivity contribution in [1.82, 2.24) is 25.4 Å². The molecule has 2 aliphatic heterocycles. The summed E-state index contributed by atoms with van der Waals surface area (Å²) in [5.41, 5.74) is 2.86. The van der Waals surface area contributed by atoms with Gasteiger partial charge in [-0.25, -0.2) is 10.1 Å². The molecule has 2 saturated heterocycles. The molecule has 7 nitrogen and oxygen atoms in total. The number of nitriles is 1. The molecule has 1 aromatic carbocycles. The Hall–Kier alpha value is -2.56. The Morgan fingerprint density at radius 3 is 2.73 bits per heavy atom. The number of urea groups is 1. The molecule has 2 atom stereocenters. The fourth-order valence-electron chi connectivity index (χ4n) is 4.55. The Bertz CT molecular complexity index is 945. The zero-order chi connectivity index (χ0) is 21.3. The highest BCUT2D eigenvalue weighted by Gasteiger charge is 2.32. The summed E-state index contributed by atoms with van der Waals surface area (Å²) >= 11 is 0. The van der Waals surface area contributed by atoms with Gasteiger partial charge in [0.2, 0.25) is 0 Å². The number of carbonyl (C=O) groups excluding carboxylic acids is 1. The minimum absolute atomic E-state index is 0.0210. The summed E-state index contributed by atoms with van der Waals surface area (Å²) in [4.78, 5) is 20.1. The van der Waals surface area contributed by atoms with Crippen molar-refractivity contribution in [3.8, 4) is 6.07 Å². The molecule has 3 heterocycles. The molecule has 0 spiro atoms. The molecular weight excluding hydrogens is 376 g/mol. The third-order valence-corrected chi connectivity index (χ3v) is 6.10. The lowest BCUT2D eigenvalue weighted by Crippen LogP contribution is -2.58. The summed E-state index contributed by atoms with van der Waals surface area (Å²) in [7, 11) is 0. The number of amides is 2. The molecule has 2 aromatic rings. The van der Waals surface area contributed by atoms with Gasteiger partial charge in [-0.15, -0.1) is 0 Å². The van der Waals surface area contributed by atoms with E-state index < -0.39 is 0 Å². The van der Waals surface area contributed by atoms with E-state index in [-0.39, 0.29) is 17.7 Å². The topological polar surface area (TPSA) is 89.3 Å². The van der Waals surface area contributed by atoms with Crippen molar-refractivity contribution in [2.24, 2.45) is 0 Å². The van der Waals surface area contributed by atoms with E-state index in [4.69, 9.17) is 5.32 Å². The van der Waals surface area contributed by atoms with Crippen LogP contribution in [-0.4, -0.2) is 65.2 Å². The van der Waals surface area contributed by atoms with Crippen LogP contribution in [0.25, 0.3) is 10.9 Å². The van der Waals surface area contributed by atoms with Gasteiger partial charge in [0.15, 0.2) is 0 Å². The molecule has 0 aliphatic carbocycles. The van der Waals surface area contributed by atoms with Crippen molar-refractivity contribution in [2.45, 2.75) is 51.2 Å². The van der Waals surface area contributed by atoms with Crippen LogP contribution in [0.2, 0.25) is 0 Å². The number of piperidine rings is 1. The highest BCUT2D eigenvalue weighted by atomic mass is 16.2. The Labute approximate surface area is 178 Å². The Morgan fingerprint density at radius 1 is 1.27 bits per heavy atom. The fourth-order valence-corrected chi connectivity index (χ4v) is 4.55. The molecule has 1 aromatic heterocycles. The lowest BCUT2D eigenvalue weighted by Gasteiger charge is -2.42. The number of piperazine rings is 1. The SMILES string of the molecule is CC(C)(C)NC(=O)N1CCN([C@@H]2CC(c3c[nH]c4ccc(C#N)cc34)CC[N]2)CC1. The van der Waals surface area contributed by atoms with Gasteiger partial charge in [-0.2, -0.15) is 5.26 Å². The number of aromatic nitrogens is 1. The average molecular weight is 408 g/mol. The van der Waals surface area contributed by atoms with E-state index >= 15 is 0 Å². The first-order chi connectivity index (χ1) is 14.3. The zero-order valence-corrected chi connectivity index (χ0v) is 18.1. The third-order valence-electron chi connectivity index (χ3n) is 6.10. The summed E-state index contributed by atoms with van der Waals surface area (Å²) in [6.45, 7) is 10.0. The highest BCUT2D eigenvalue weighted by Crippen LogP contribution is 2.34. The number of nitrogens with zero attached hydrogens (tertiary/aromatic N) is 4. The van der Waals surface area contributed by atoms with Gasteiger partial charge in [-0.3, -0.25) is 4.90 Å². The number of hydrogen-bond donors (Lipinski definition) is 2. The Kier molecular flexibility index (Phi) is 5.72. The summed E-state index contributed by atoms with van der Waals surface area (Å²) in [5, 5.41) is 18.4. The molecule has 159 valence electrons. The molecule has 2 aliphatic rings. The predicted octanol–water partition coefficient (Wildman–Crippen LogP) is 2.97. The van der Waals surface area contributed by atoms with E-state index in [9.17, 15) is 10.1 Å². The van der Waals surface area contributed by atoms with Gasteiger partial charge >= 0.3 is 6.03 Å². The van der Waals surface area contributed by atoms with Crippen LogP contribution in [0, 0.1) is 11.3 Å². The van der Waals surface area contributed by atoms with Gasteiger partial charge < -0.3 is 15.2 Å². The lowest BCUT2D eigenvalue weighted by atomic mass is 9.87. The van der Waals surface area contributed by atoms with Gasteiger partial charge in [-0.1, -0.05) is 0 Å². The van der Waals surface area contributed by atoms with Crippen LogP contribution in [-0.2, 0) is 0 Å². The van der Waals surface area contributed by atoms with Gasteiger partial charge in [-0.05, 0) is 63.3 Å². The number of hydrogen-bond acceptors (Lipinski definition) is 3. The van der Waals surface area contributed by atoms with Crippen molar-refractivity contribution in [3.05, 3.63) is 35.5 Å². The predicted molar refractivity (Wildman–Crippen MR) is 117 cm³/mol. The summed E-state index contributed by atoms with van der Waals surface area (Å²) in [6.07, 6.45) is 4.32. The number of H-pyrrole nitrogens is 1. The Balaban J connectivity index is 1.40. The van der Waals surface area contributed by atoms with Crippen molar-refractivity contribution < 1.29 is 4.79 Å². The first-order valence-electron chi connectivity index (χ1n) is 10.8. The second-order valence-electron chi connectivity index (χ2n) is 9.43. The lowest BCUT2D eigenvalue weighted by molar-refractivity contribution is 0.0715.